The van der Waals surface area contributed by atoms with E-state index < -0.39 is 0 Å². The van der Waals surface area contributed by atoms with Crippen LogP contribution >= 0.6 is 24.0 Å². The molecule has 1 aromatic heterocycles. The number of methoxy groups -OCH3 is 2. The van der Waals surface area contributed by atoms with Crippen molar-refractivity contribution < 1.29 is 14.3 Å². The number of fused-ring (bicyclic) bond motifs is 1. The summed E-state index contributed by atoms with van der Waals surface area (Å²) in [4.78, 5) is 12.5. The molecule has 0 radical (unpaired) electrons. The standard InChI is InChI=1S/C15H17ClN4O3.ClH/c1-22-12-6-13(23-2)11(5-9(12)16)18-15(21)14-8-7-17-4-3-10(8)19-20-14;/h5-6,17H,3-4,7H2,1-2H3,(H,18,21)(H,19,20);1H. The van der Waals surface area contributed by atoms with Crippen molar-refractivity contribution in [3.63, 3.8) is 0 Å². The van der Waals surface area contributed by atoms with Crippen molar-refractivity contribution in [1.82, 2.24) is 15.5 Å². The zero-order valence-corrected chi connectivity index (χ0v) is 14.8. The summed E-state index contributed by atoms with van der Waals surface area (Å²) in [6.07, 6.45) is 0.827. The molecule has 1 aliphatic heterocycles. The van der Waals surface area contributed by atoms with E-state index in [-0.39, 0.29) is 18.3 Å². The summed E-state index contributed by atoms with van der Waals surface area (Å²) in [5, 5.41) is 13.5. The third kappa shape index (κ3) is 3.43. The molecule has 3 N–H and O–H groups in total. The number of rotatable bonds is 4. The second-order valence-corrected chi connectivity index (χ2v) is 5.50. The van der Waals surface area contributed by atoms with Crippen LogP contribution in [0.3, 0.4) is 0 Å². The molecule has 3 rings (SSSR count). The molecule has 0 unspecified atom stereocenters. The van der Waals surface area contributed by atoms with Gasteiger partial charge in [0.2, 0.25) is 0 Å². The number of halogens is 2. The Morgan fingerprint density at radius 2 is 2.04 bits per heavy atom. The molecule has 7 nitrogen and oxygen atoms in total. The second-order valence-electron chi connectivity index (χ2n) is 5.10. The summed E-state index contributed by atoms with van der Waals surface area (Å²) in [6, 6.07) is 3.22. The summed E-state index contributed by atoms with van der Waals surface area (Å²) in [5.41, 5.74) is 2.73. The smallest absolute Gasteiger partial charge is 0.276 e. The monoisotopic (exact) mass is 372 g/mol. The molecular weight excluding hydrogens is 355 g/mol. The number of hydrogen-bond acceptors (Lipinski definition) is 5. The van der Waals surface area contributed by atoms with Crippen molar-refractivity contribution in [3.05, 3.63) is 34.1 Å². The number of nitrogens with one attached hydrogen (secondary N) is 3. The molecule has 0 bridgehead atoms. The van der Waals surface area contributed by atoms with Gasteiger partial charge in [0, 0.05) is 36.8 Å². The number of nitrogens with zero attached hydrogens (tertiary/aromatic N) is 1. The van der Waals surface area contributed by atoms with Crippen molar-refractivity contribution in [2.75, 3.05) is 26.1 Å². The highest BCUT2D eigenvalue weighted by Gasteiger charge is 2.22. The number of aromatic amines is 1. The van der Waals surface area contributed by atoms with Crippen molar-refractivity contribution in [3.8, 4) is 11.5 Å². The first-order valence-electron chi connectivity index (χ1n) is 7.13. The fourth-order valence-corrected chi connectivity index (χ4v) is 2.79. The third-order valence-electron chi connectivity index (χ3n) is 3.74. The number of amides is 1. The van der Waals surface area contributed by atoms with Gasteiger partial charge >= 0.3 is 0 Å². The molecule has 1 aliphatic rings. The maximum absolute atomic E-state index is 12.5. The molecule has 2 heterocycles. The molecule has 0 saturated heterocycles. The van der Waals surface area contributed by atoms with Crippen molar-refractivity contribution >= 4 is 35.6 Å². The fraction of sp³-hybridized carbons (Fsp3) is 0.333. The van der Waals surface area contributed by atoms with Gasteiger partial charge in [-0.2, -0.15) is 5.10 Å². The normalized spacial score (nSPS) is 12.8. The van der Waals surface area contributed by atoms with Gasteiger partial charge < -0.3 is 20.1 Å². The van der Waals surface area contributed by atoms with Crippen LogP contribution in [0, 0.1) is 0 Å². The molecule has 2 aromatic rings. The molecule has 0 aliphatic carbocycles. The van der Waals surface area contributed by atoms with Gasteiger partial charge in [-0.05, 0) is 6.07 Å². The highest BCUT2D eigenvalue weighted by Crippen LogP contribution is 2.36. The molecule has 24 heavy (non-hydrogen) atoms. The molecule has 1 aromatic carbocycles. The Bertz CT molecular complexity index is 749. The van der Waals surface area contributed by atoms with Crippen LogP contribution in [-0.4, -0.2) is 36.9 Å². The van der Waals surface area contributed by atoms with Crippen LogP contribution < -0.4 is 20.1 Å². The zero-order valence-electron chi connectivity index (χ0n) is 13.2. The Balaban J connectivity index is 0.00000208. The van der Waals surface area contributed by atoms with Gasteiger partial charge in [0.25, 0.3) is 5.91 Å². The van der Waals surface area contributed by atoms with Gasteiger partial charge in [0.1, 0.15) is 11.5 Å². The minimum absolute atomic E-state index is 0. The van der Waals surface area contributed by atoms with Gasteiger partial charge in [-0.1, -0.05) is 11.6 Å². The minimum atomic E-state index is -0.314. The lowest BCUT2D eigenvalue weighted by molar-refractivity contribution is 0.102. The number of H-pyrrole nitrogens is 1. The average molecular weight is 373 g/mol. The van der Waals surface area contributed by atoms with E-state index in [9.17, 15) is 4.79 Å². The summed E-state index contributed by atoms with van der Waals surface area (Å²) < 4.78 is 10.4. The molecule has 9 heteroatoms. The topological polar surface area (TPSA) is 88.3 Å². The van der Waals surface area contributed by atoms with Crippen LogP contribution in [0.25, 0.3) is 0 Å². The van der Waals surface area contributed by atoms with Crippen molar-refractivity contribution in [2.24, 2.45) is 0 Å². The Kier molecular flexibility index (Phi) is 5.93. The number of carbonyl (C=O) groups is 1. The molecule has 1 amide bonds. The van der Waals surface area contributed by atoms with Gasteiger partial charge in [-0.15, -0.1) is 12.4 Å². The zero-order chi connectivity index (χ0) is 16.4. The molecule has 130 valence electrons. The predicted molar refractivity (Wildman–Crippen MR) is 93.8 cm³/mol. The van der Waals surface area contributed by atoms with Crippen LogP contribution in [0.5, 0.6) is 11.5 Å². The van der Waals surface area contributed by atoms with Crippen LogP contribution in [0.4, 0.5) is 5.69 Å². The summed E-state index contributed by atoms with van der Waals surface area (Å²) in [5.74, 6) is 0.621. The SMILES string of the molecule is COc1cc(OC)c(NC(=O)c2n[nH]c3c2CNCC3)cc1Cl.Cl. The van der Waals surface area contributed by atoms with Crippen LogP contribution in [0.1, 0.15) is 21.7 Å². The maximum Gasteiger partial charge on any atom is 0.276 e. The minimum Gasteiger partial charge on any atom is -0.495 e. The predicted octanol–water partition coefficient (Wildman–Crippen LogP) is 2.40. The van der Waals surface area contributed by atoms with Gasteiger partial charge in [-0.25, -0.2) is 0 Å². The summed E-state index contributed by atoms with van der Waals surface area (Å²) in [7, 11) is 3.03. The quantitative estimate of drug-likeness (QED) is 0.766. The second kappa shape index (κ2) is 7.74. The van der Waals surface area contributed by atoms with Crippen LogP contribution in [0.2, 0.25) is 5.02 Å². The highest BCUT2D eigenvalue weighted by molar-refractivity contribution is 6.32. The average Bonchev–Trinajstić information content (AvgIpc) is 2.99. The Labute approximate surface area is 150 Å². The van der Waals surface area contributed by atoms with E-state index in [1.807, 2.05) is 0 Å². The number of carbonyl (C=O) groups excluding carboxylic acids is 1. The van der Waals surface area contributed by atoms with E-state index in [0.29, 0.717) is 34.4 Å². The third-order valence-corrected chi connectivity index (χ3v) is 4.04. The molecule has 0 atom stereocenters. The Morgan fingerprint density at radius 3 is 2.75 bits per heavy atom. The van der Waals surface area contributed by atoms with E-state index in [4.69, 9.17) is 21.1 Å². The van der Waals surface area contributed by atoms with E-state index in [1.165, 1.54) is 14.2 Å². The Morgan fingerprint density at radius 1 is 1.29 bits per heavy atom. The number of ether oxygens (including phenoxy) is 2. The fourth-order valence-electron chi connectivity index (χ4n) is 2.55. The lowest BCUT2D eigenvalue weighted by atomic mass is 10.1. The van der Waals surface area contributed by atoms with Crippen molar-refractivity contribution in [2.45, 2.75) is 13.0 Å². The number of benzene rings is 1. The summed E-state index contributed by atoms with van der Waals surface area (Å²) >= 11 is 6.12. The molecular formula is C15H18Cl2N4O3. The summed E-state index contributed by atoms with van der Waals surface area (Å²) in [6.45, 7) is 1.49. The number of aromatic nitrogens is 2. The van der Waals surface area contributed by atoms with E-state index in [0.717, 1.165) is 24.2 Å². The van der Waals surface area contributed by atoms with E-state index >= 15 is 0 Å². The van der Waals surface area contributed by atoms with Crippen LogP contribution in [0.15, 0.2) is 12.1 Å². The largest absolute Gasteiger partial charge is 0.495 e. The first-order chi connectivity index (χ1) is 11.1. The number of anilines is 1. The molecule has 0 fully saturated rings. The molecule has 0 saturated carbocycles. The van der Waals surface area contributed by atoms with E-state index in [1.54, 1.807) is 12.1 Å². The van der Waals surface area contributed by atoms with Gasteiger partial charge in [0.15, 0.2) is 5.69 Å². The van der Waals surface area contributed by atoms with E-state index in [2.05, 4.69) is 20.8 Å². The lowest BCUT2D eigenvalue weighted by Crippen LogP contribution is -2.25. The maximum atomic E-state index is 12.5. The first kappa shape index (κ1) is 18.4. The highest BCUT2D eigenvalue weighted by atomic mass is 35.5. The van der Waals surface area contributed by atoms with Gasteiger partial charge in [0.05, 0.1) is 24.9 Å². The molecule has 0 spiro atoms. The Hall–Kier alpha value is -1.96. The van der Waals surface area contributed by atoms with Crippen LogP contribution in [-0.2, 0) is 13.0 Å². The lowest BCUT2D eigenvalue weighted by Gasteiger charge is -2.14. The number of hydrogen-bond donors (Lipinski definition) is 3. The van der Waals surface area contributed by atoms with Crippen molar-refractivity contribution in [1.29, 1.82) is 0 Å². The van der Waals surface area contributed by atoms with Gasteiger partial charge in [-0.3, -0.25) is 9.89 Å². The first-order valence-corrected chi connectivity index (χ1v) is 7.51.